The molecular formula is C12H22N4O. The number of nitrogens with zero attached hydrogens (tertiary/aromatic N) is 2. The van der Waals surface area contributed by atoms with Crippen molar-refractivity contribution < 1.29 is 4.79 Å². The molecular weight excluding hydrogens is 216 g/mol. The Hall–Kier alpha value is -1.36. The largest absolute Gasteiger partial charge is 0.356 e. The van der Waals surface area contributed by atoms with Crippen molar-refractivity contribution in [2.75, 3.05) is 20.1 Å². The van der Waals surface area contributed by atoms with Gasteiger partial charge < -0.3 is 15.2 Å². The van der Waals surface area contributed by atoms with E-state index in [4.69, 9.17) is 0 Å². The van der Waals surface area contributed by atoms with Gasteiger partial charge in [0.15, 0.2) is 0 Å². The molecule has 0 aliphatic carbocycles. The Kier molecular flexibility index (Phi) is 6.32. The van der Waals surface area contributed by atoms with E-state index in [-0.39, 0.29) is 5.91 Å². The Morgan fingerprint density at radius 2 is 2.35 bits per heavy atom. The van der Waals surface area contributed by atoms with Crippen molar-refractivity contribution in [3.8, 4) is 0 Å². The second-order valence-electron chi connectivity index (χ2n) is 4.38. The Morgan fingerprint density at radius 1 is 1.53 bits per heavy atom. The van der Waals surface area contributed by atoms with Gasteiger partial charge in [-0.1, -0.05) is 6.92 Å². The van der Waals surface area contributed by atoms with E-state index in [0.717, 1.165) is 26.1 Å². The maximum Gasteiger partial charge on any atom is 0.220 e. The van der Waals surface area contributed by atoms with Crippen LogP contribution in [-0.2, 0) is 11.3 Å². The molecule has 17 heavy (non-hydrogen) atoms. The topological polar surface area (TPSA) is 59.0 Å². The smallest absolute Gasteiger partial charge is 0.220 e. The summed E-state index contributed by atoms with van der Waals surface area (Å²) in [5.41, 5.74) is 0. The fourth-order valence-corrected chi connectivity index (χ4v) is 1.62. The molecule has 0 saturated carbocycles. The maximum atomic E-state index is 11.5. The summed E-state index contributed by atoms with van der Waals surface area (Å²) >= 11 is 0. The van der Waals surface area contributed by atoms with Crippen LogP contribution in [0.1, 0.15) is 19.8 Å². The fraction of sp³-hybridized carbons (Fsp3) is 0.667. The van der Waals surface area contributed by atoms with E-state index >= 15 is 0 Å². The van der Waals surface area contributed by atoms with Gasteiger partial charge in [-0.05, 0) is 25.9 Å². The number of imidazole rings is 1. The molecule has 1 rings (SSSR count). The van der Waals surface area contributed by atoms with Crippen molar-refractivity contribution in [2.45, 2.75) is 26.3 Å². The number of nitrogens with one attached hydrogen (secondary N) is 2. The first-order valence-corrected chi connectivity index (χ1v) is 6.09. The number of hydrogen-bond acceptors (Lipinski definition) is 3. The number of carbonyl (C=O) groups excluding carboxylic acids is 1. The van der Waals surface area contributed by atoms with Crippen molar-refractivity contribution in [1.29, 1.82) is 0 Å². The van der Waals surface area contributed by atoms with Crippen LogP contribution in [0.25, 0.3) is 0 Å². The Labute approximate surface area is 103 Å². The van der Waals surface area contributed by atoms with Gasteiger partial charge in [0.2, 0.25) is 5.91 Å². The van der Waals surface area contributed by atoms with Crippen molar-refractivity contribution in [2.24, 2.45) is 5.92 Å². The molecule has 0 spiro atoms. The van der Waals surface area contributed by atoms with Gasteiger partial charge in [-0.15, -0.1) is 0 Å². The highest BCUT2D eigenvalue weighted by molar-refractivity contribution is 5.75. The molecule has 5 nitrogen and oxygen atoms in total. The summed E-state index contributed by atoms with van der Waals surface area (Å²) in [7, 11) is 1.89. The first-order valence-electron chi connectivity index (χ1n) is 6.09. The average Bonchev–Trinajstić information content (AvgIpc) is 2.79. The molecule has 1 aromatic rings. The van der Waals surface area contributed by atoms with Crippen molar-refractivity contribution in [1.82, 2.24) is 20.2 Å². The minimum absolute atomic E-state index is 0.137. The first kappa shape index (κ1) is 13.7. The third-order valence-electron chi connectivity index (χ3n) is 2.56. The Balaban J connectivity index is 2.10. The van der Waals surface area contributed by atoms with Crippen molar-refractivity contribution in [3.63, 3.8) is 0 Å². The summed E-state index contributed by atoms with van der Waals surface area (Å²) in [4.78, 5) is 15.5. The van der Waals surface area contributed by atoms with Crippen LogP contribution in [0.4, 0.5) is 0 Å². The molecule has 1 aromatic heterocycles. The van der Waals surface area contributed by atoms with Gasteiger partial charge >= 0.3 is 0 Å². The van der Waals surface area contributed by atoms with Crippen molar-refractivity contribution >= 4 is 5.91 Å². The summed E-state index contributed by atoms with van der Waals surface area (Å²) in [6.07, 6.45) is 6.98. The molecule has 1 heterocycles. The highest BCUT2D eigenvalue weighted by Crippen LogP contribution is 1.99. The molecule has 0 aliphatic rings. The number of rotatable bonds is 8. The Bertz CT molecular complexity index is 310. The highest BCUT2D eigenvalue weighted by Gasteiger charge is 2.05. The van der Waals surface area contributed by atoms with Gasteiger partial charge in [0.05, 0.1) is 6.33 Å². The van der Waals surface area contributed by atoms with E-state index < -0.39 is 0 Å². The zero-order chi connectivity index (χ0) is 12.5. The van der Waals surface area contributed by atoms with E-state index in [1.54, 1.807) is 12.5 Å². The van der Waals surface area contributed by atoms with Crippen LogP contribution in [0.5, 0.6) is 0 Å². The van der Waals surface area contributed by atoms with Gasteiger partial charge in [0.1, 0.15) is 0 Å². The maximum absolute atomic E-state index is 11.5. The summed E-state index contributed by atoms with van der Waals surface area (Å²) in [5, 5.41) is 5.98. The molecule has 0 saturated heterocycles. The van der Waals surface area contributed by atoms with E-state index in [9.17, 15) is 4.79 Å². The molecule has 5 heteroatoms. The number of amides is 1. The fourth-order valence-electron chi connectivity index (χ4n) is 1.62. The summed E-state index contributed by atoms with van der Waals surface area (Å²) in [6, 6.07) is 0. The van der Waals surface area contributed by atoms with Gasteiger partial charge in [-0.25, -0.2) is 4.98 Å². The quantitative estimate of drug-likeness (QED) is 0.653. The zero-order valence-electron chi connectivity index (χ0n) is 10.6. The third kappa shape index (κ3) is 6.06. The zero-order valence-corrected chi connectivity index (χ0v) is 10.6. The lowest BCUT2D eigenvalue weighted by Gasteiger charge is -2.13. The van der Waals surface area contributed by atoms with Crippen molar-refractivity contribution in [3.05, 3.63) is 18.7 Å². The minimum atomic E-state index is 0.137. The second-order valence-corrected chi connectivity index (χ2v) is 4.38. The third-order valence-corrected chi connectivity index (χ3v) is 2.56. The summed E-state index contributed by atoms with van der Waals surface area (Å²) in [6.45, 7) is 4.61. The Morgan fingerprint density at radius 3 is 3.00 bits per heavy atom. The highest BCUT2D eigenvalue weighted by atomic mass is 16.1. The van der Waals surface area contributed by atoms with E-state index in [1.165, 1.54) is 0 Å². The minimum Gasteiger partial charge on any atom is -0.356 e. The van der Waals surface area contributed by atoms with Gasteiger partial charge in [-0.2, -0.15) is 0 Å². The monoisotopic (exact) mass is 238 g/mol. The standard InChI is InChI=1S/C12H22N4O/c1-11(9-16-7-6-14-10-16)8-15-12(17)4-3-5-13-2/h6-7,10-11,13H,3-5,8-9H2,1-2H3,(H,15,17). The summed E-state index contributed by atoms with van der Waals surface area (Å²) < 4.78 is 2.03. The lowest BCUT2D eigenvalue weighted by Crippen LogP contribution is -2.30. The molecule has 1 unspecified atom stereocenters. The number of hydrogen-bond donors (Lipinski definition) is 2. The molecule has 0 fully saturated rings. The van der Waals surface area contributed by atoms with Crippen LogP contribution in [0.15, 0.2) is 18.7 Å². The first-order chi connectivity index (χ1) is 8.22. The van der Waals surface area contributed by atoms with Crippen LogP contribution in [0.3, 0.4) is 0 Å². The van der Waals surface area contributed by atoms with E-state index in [1.807, 2.05) is 17.8 Å². The van der Waals surface area contributed by atoms with Gasteiger partial charge in [0.25, 0.3) is 0 Å². The van der Waals surface area contributed by atoms with E-state index in [0.29, 0.717) is 12.3 Å². The van der Waals surface area contributed by atoms with Crippen LogP contribution < -0.4 is 10.6 Å². The van der Waals surface area contributed by atoms with E-state index in [2.05, 4.69) is 22.5 Å². The van der Waals surface area contributed by atoms with Crippen LogP contribution in [-0.4, -0.2) is 35.6 Å². The predicted octanol–water partition coefficient (Wildman–Crippen LogP) is 0.635. The molecule has 0 radical (unpaired) electrons. The number of aromatic nitrogens is 2. The molecule has 0 bridgehead atoms. The SMILES string of the molecule is CNCCCC(=O)NCC(C)Cn1ccnc1. The molecule has 1 atom stereocenters. The average molecular weight is 238 g/mol. The molecule has 0 aliphatic heterocycles. The predicted molar refractivity (Wildman–Crippen MR) is 67.6 cm³/mol. The molecule has 0 aromatic carbocycles. The lowest BCUT2D eigenvalue weighted by molar-refractivity contribution is -0.121. The molecule has 2 N–H and O–H groups in total. The summed E-state index contributed by atoms with van der Waals surface area (Å²) in [5.74, 6) is 0.551. The van der Waals surface area contributed by atoms with Gasteiger partial charge in [-0.3, -0.25) is 4.79 Å². The molecule has 1 amide bonds. The lowest BCUT2D eigenvalue weighted by atomic mass is 10.1. The second kappa shape index (κ2) is 7.84. The van der Waals surface area contributed by atoms with Crippen LogP contribution in [0, 0.1) is 5.92 Å². The van der Waals surface area contributed by atoms with Crippen LogP contribution >= 0.6 is 0 Å². The van der Waals surface area contributed by atoms with Gasteiger partial charge in [0, 0.05) is 31.9 Å². The normalized spacial score (nSPS) is 12.4. The molecule has 96 valence electrons. The van der Waals surface area contributed by atoms with Crippen LogP contribution in [0.2, 0.25) is 0 Å². The number of carbonyl (C=O) groups is 1.